The molecule has 0 spiro atoms. The third-order valence-corrected chi connectivity index (χ3v) is 3.09. The number of rotatable bonds is 2. The van der Waals surface area contributed by atoms with E-state index in [0.717, 1.165) is 6.04 Å². The van der Waals surface area contributed by atoms with Crippen LogP contribution >= 0.6 is 11.3 Å². The summed E-state index contributed by atoms with van der Waals surface area (Å²) >= 11 is 1.87. The van der Waals surface area contributed by atoms with Crippen LogP contribution in [-0.2, 0) is 6.42 Å². The van der Waals surface area contributed by atoms with Crippen molar-refractivity contribution in [2.24, 2.45) is 0 Å². The van der Waals surface area contributed by atoms with Crippen molar-refractivity contribution in [1.82, 2.24) is 5.32 Å². The zero-order valence-electron chi connectivity index (χ0n) is 6.55. The van der Waals surface area contributed by atoms with Crippen LogP contribution < -0.4 is 5.32 Å². The van der Waals surface area contributed by atoms with Gasteiger partial charge in [0.2, 0.25) is 0 Å². The van der Waals surface area contributed by atoms with Gasteiger partial charge in [-0.1, -0.05) is 6.07 Å². The summed E-state index contributed by atoms with van der Waals surface area (Å²) in [5.74, 6) is 0. The van der Waals surface area contributed by atoms with Crippen LogP contribution in [0.3, 0.4) is 0 Å². The van der Waals surface area contributed by atoms with Gasteiger partial charge in [0.25, 0.3) is 0 Å². The van der Waals surface area contributed by atoms with Gasteiger partial charge in [0, 0.05) is 10.9 Å². The highest BCUT2D eigenvalue weighted by Gasteiger charge is 2.14. The van der Waals surface area contributed by atoms with Crippen molar-refractivity contribution in [3.05, 3.63) is 22.4 Å². The molecule has 1 saturated heterocycles. The standard InChI is InChI=1S/C9H13NS/c1-3-8(10-5-1)7-9-4-2-6-11-9/h2,4,6,8,10H,1,3,5,7H2/t8-/m0/s1. The van der Waals surface area contributed by atoms with Crippen molar-refractivity contribution in [2.45, 2.75) is 25.3 Å². The van der Waals surface area contributed by atoms with Crippen LogP contribution in [0.2, 0.25) is 0 Å². The first-order chi connectivity index (χ1) is 5.45. The van der Waals surface area contributed by atoms with Gasteiger partial charge in [0.05, 0.1) is 0 Å². The summed E-state index contributed by atoms with van der Waals surface area (Å²) in [7, 11) is 0. The van der Waals surface area contributed by atoms with Crippen LogP contribution in [0.5, 0.6) is 0 Å². The van der Waals surface area contributed by atoms with Gasteiger partial charge in [-0.15, -0.1) is 11.3 Å². The fourth-order valence-electron chi connectivity index (χ4n) is 1.60. The molecule has 1 N–H and O–H groups in total. The molecular weight excluding hydrogens is 154 g/mol. The van der Waals surface area contributed by atoms with Crippen LogP contribution in [-0.4, -0.2) is 12.6 Å². The lowest BCUT2D eigenvalue weighted by atomic mass is 10.1. The molecule has 1 aliphatic heterocycles. The maximum atomic E-state index is 3.50. The van der Waals surface area contributed by atoms with E-state index in [9.17, 15) is 0 Å². The minimum atomic E-state index is 0.758. The molecule has 0 radical (unpaired) electrons. The lowest BCUT2D eigenvalue weighted by Crippen LogP contribution is -2.23. The molecule has 0 unspecified atom stereocenters. The van der Waals surface area contributed by atoms with E-state index in [1.165, 1.54) is 30.7 Å². The molecule has 0 bridgehead atoms. The number of nitrogens with one attached hydrogen (secondary N) is 1. The van der Waals surface area contributed by atoms with Crippen molar-refractivity contribution in [2.75, 3.05) is 6.54 Å². The molecule has 1 aliphatic rings. The van der Waals surface area contributed by atoms with Gasteiger partial charge in [-0.25, -0.2) is 0 Å². The Kier molecular flexibility index (Phi) is 2.24. The van der Waals surface area contributed by atoms with Crippen molar-refractivity contribution >= 4 is 11.3 Å². The van der Waals surface area contributed by atoms with E-state index < -0.39 is 0 Å². The van der Waals surface area contributed by atoms with Crippen molar-refractivity contribution in [3.8, 4) is 0 Å². The summed E-state index contributed by atoms with van der Waals surface area (Å²) in [6.07, 6.45) is 3.95. The maximum Gasteiger partial charge on any atom is 0.0116 e. The zero-order chi connectivity index (χ0) is 7.52. The highest BCUT2D eigenvalue weighted by Crippen LogP contribution is 2.15. The van der Waals surface area contributed by atoms with E-state index in [2.05, 4.69) is 22.8 Å². The molecule has 1 aromatic rings. The van der Waals surface area contributed by atoms with Crippen LogP contribution in [0.15, 0.2) is 17.5 Å². The molecule has 0 saturated carbocycles. The van der Waals surface area contributed by atoms with Gasteiger partial charge in [-0.3, -0.25) is 0 Å². The summed E-state index contributed by atoms with van der Waals surface area (Å²) in [6, 6.07) is 5.12. The molecule has 0 aliphatic carbocycles. The lowest BCUT2D eigenvalue weighted by molar-refractivity contribution is 0.608. The van der Waals surface area contributed by atoms with Crippen LogP contribution in [0, 0.1) is 0 Å². The normalized spacial score (nSPS) is 24.2. The Morgan fingerprint density at radius 1 is 1.64 bits per heavy atom. The summed E-state index contributed by atoms with van der Waals surface area (Å²) < 4.78 is 0. The third-order valence-electron chi connectivity index (χ3n) is 2.19. The fraction of sp³-hybridized carbons (Fsp3) is 0.556. The fourth-order valence-corrected chi connectivity index (χ4v) is 2.39. The van der Waals surface area contributed by atoms with Gasteiger partial charge in [0.1, 0.15) is 0 Å². The smallest absolute Gasteiger partial charge is 0.0116 e. The Hall–Kier alpha value is -0.340. The topological polar surface area (TPSA) is 12.0 Å². The minimum absolute atomic E-state index is 0.758. The molecule has 1 aromatic heterocycles. The number of hydrogen-bond acceptors (Lipinski definition) is 2. The predicted octanol–water partition coefficient (Wildman–Crippen LogP) is 2.04. The average Bonchev–Trinajstić information content (AvgIpc) is 2.60. The van der Waals surface area contributed by atoms with Crippen LogP contribution in [0.1, 0.15) is 17.7 Å². The van der Waals surface area contributed by atoms with E-state index >= 15 is 0 Å². The van der Waals surface area contributed by atoms with Crippen molar-refractivity contribution < 1.29 is 0 Å². The molecule has 2 rings (SSSR count). The molecule has 0 amide bonds. The minimum Gasteiger partial charge on any atom is -0.314 e. The third kappa shape index (κ3) is 1.82. The van der Waals surface area contributed by atoms with E-state index in [1.54, 1.807) is 0 Å². The Balaban J connectivity index is 1.90. The second-order valence-corrected chi connectivity index (χ2v) is 4.11. The lowest BCUT2D eigenvalue weighted by Gasteiger charge is -2.06. The van der Waals surface area contributed by atoms with Gasteiger partial charge in [-0.2, -0.15) is 0 Å². The summed E-state index contributed by atoms with van der Waals surface area (Å²) in [6.45, 7) is 1.22. The first kappa shape index (κ1) is 7.32. The van der Waals surface area contributed by atoms with E-state index in [-0.39, 0.29) is 0 Å². The second-order valence-electron chi connectivity index (χ2n) is 3.08. The Morgan fingerprint density at radius 2 is 2.64 bits per heavy atom. The van der Waals surface area contributed by atoms with E-state index in [4.69, 9.17) is 0 Å². The molecule has 2 heteroatoms. The Morgan fingerprint density at radius 3 is 3.27 bits per heavy atom. The van der Waals surface area contributed by atoms with Crippen molar-refractivity contribution in [3.63, 3.8) is 0 Å². The zero-order valence-corrected chi connectivity index (χ0v) is 7.36. The summed E-state index contributed by atoms with van der Waals surface area (Å²) in [5, 5.41) is 5.66. The first-order valence-electron chi connectivity index (χ1n) is 4.21. The molecule has 1 atom stereocenters. The Bertz CT molecular complexity index is 199. The highest BCUT2D eigenvalue weighted by molar-refractivity contribution is 7.09. The number of thiophene rings is 1. The molecule has 11 heavy (non-hydrogen) atoms. The highest BCUT2D eigenvalue weighted by atomic mass is 32.1. The largest absolute Gasteiger partial charge is 0.314 e. The van der Waals surface area contributed by atoms with Gasteiger partial charge in [-0.05, 0) is 37.3 Å². The summed E-state index contributed by atoms with van der Waals surface area (Å²) in [4.78, 5) is 1.52. The predicted molar refractivity (Wildman–Crippen MR) is 49.0 cm³/mol. The van der Waals surface area contributed by atoms with Crippen molar-refractivity contribution in [1.29, 1.82) is 0 Å². The molecule has 2 heterocycles. The van der Waals surface area contributed by atoms with Crippen LogP contribution in [0.25, 0.3) is 0 Å². The summed E-state index contributed by atoms with van der Waals surface area (Å²) in [5.41, 5.74) is 0. The van der Waals surface area contributed by atoms with Gasteiger partial charge < -0.3 is 5.32 Å². The molecule has 0 aromatic carbocycles. The van der Waals surface area contributed by atoms with E-state index in [0.29, 0.717) is 0 Å². The quantitative estimate of drug-likeness (QED) is 0.711. The SMILES string of the molecule is c1csc(C[C@@H]2CCCN2)c1. The molecule has 60 valence electrons. The van der Waals surface area contributed by atoms with Gasteiger partial charge >= 0.3 is 0 Å². The molecule has 1 fully saturated rings. The average molecular weight is 167 g/mol. The molecular formula is C9H13NS. The van der Waals surface area contributed by atoms with Gasteiger partial charge in [0.15, 0.2) is 0 Å². The monoisotopic (exact) mass is 167 g/mol. The molecule has 1 nitrogen and oxygen atoms in total. The maximum absolute atomic E-state index is 3.50. The first-order valence-corrected chi connectivity index (χ1v) is 5.09. The van der Waals surface area contributed by atoms with E-state index in [1.807, 2.05) is 11.3 Å². The Labute approximate surface area is 71.4 Å². The number of hydrogen-bond donors (Lipinski definition) is 1. The van der Waals surface area contributed by atoms with Crippen LogP contribution in [0.4, 0.5) is 0 Å². The second kappa shape index (κ2) is 3.37.